The predicted molar refractivity (Wildman–Crippen MR) is 79.2 cm³/mol. The average molecular weight is 312 g/mol. The third kappa shape index (κ3) is 3.74. The van der Waals surface area contributed by atoms with Gasteiger partial charge in [0.05, 0.1) is 12.1 Å². The minimum Gasteiger partial charge on any atom is -0.444 e. The molecule has 1 aliphatic heterocycles. The summed E-state index contributed by atoms with van der Waals surface area (Å²) >= 11 is 0. The van der Waals surface area contributed by atoms with E-state index in [0.29, 0.717) is 18.5 Å². The normalized spacial score (nSPS) is 20.1. The van der Waals surface area contributed by atoms with E-state index >= 15 is 0 Å². The second kappa shape index (κ2) is 6.20. The van der Waals surface area contributed by atoms with Crippen molar-refractivity contribution in [1.29, 1.82) is 0 Å². The molecule has 0 radical (unpaired) electrons. The van der Waals surface area contributed by atoms with Crippen LogP contribution in [0.25, 0.3) is 0 Å². The second-order valence-electron chi connectivity index (χ2n) is 6.58. The van der Waals surface area contributed by atoms with Crippen molar-refractivity contribution in [2.45, 2.75) is 51.3 Å². The summed E-state index contributed by atoms with van der Waals surface area (Å²) in [7, 11) is 0. The highest BCUT2D eigenvalue weighted by atomic mass is 19.2. The Labute approximate surface area is 129 Å². The number of amides is 1. The summed E-state index contributed by atoms with van der Waals surface area (Å²) in [6, 6.07) is 2.74. The zero-order chi connectivity index (χ0) is 16.5. The maximum atomic E-state index is 13.4. The number of carbonyl (C=O) groups excluding carboxylic acids is 1. The van der Waals surface area contributed by atoms with E-state index in [-0.39, 0.29) is 6.04 Å². The van der Waals surface area contributed by atoms with Gasteiger partial charge in [-0.25, -0.2) is 13.6 Å². The fourth-order valence-electron chi connectivity index (χ4n) is 2.65. The van der Waals surface area contributed by atoms with Gasteiger partial charge in [0.25, 0.3) is 0 Å². The predicted octanol–water partition coefficient (Wildman–Crippen LogP) is 3.36. The van der Waals surface area contributed by atoms with Crippen LogP contribution in [0.1, 0.15) is 45.2 Å². The molecule has 2 rings (SSSR count). The highest BCUT2D eigenvalue weighted by Crippen LogP contribution is 2.29. The van der Waals surface area contributed by atoms with Gasteiger partial charge in [-0.15, -0.1) is 0 Å². The largest absolute Gasteiger partial charge is 0.444 e. The molecule has 1 aliphatic rings. The zero-order valence-electron chi connectivity index (χ0n) is 13.1. The molecule has 0 aromatic heterocycles. The van der Waals surface area contributed by atoms with Crippen LogP contribution in [0.5, 0.6) is 0 Å². The Kier molecular flexibility index (Phi) is 4.70. The van der Waals surface area contributed by atoms with Crippen LogP contribution in [0.4, 0.5) is 13.6 Å². The van der Waals surface area contributed by atoms with E-state index in [1.807, 2.05) is 0 Å². The fourth-order valence-corrected chi connectivity index (χ4v) is 2.65. The highest BCUT2D eigenvalue weighted by molar-refractivity contribution is 5.69. The number of likely N-dealkylation sites (tertiary alicyclic amines) is 1. The summed E-state index contributed by atoms with van der Waals surface area (Å²) in [4.78, 5) is 13.8. The Hall–Kier alpha value is -1.69. The molecule has 2 atom stereocenters. The van der Waals surface area contributed by atoms with Crippen molar-refractivity contribution in [1.82, 2.24) is 4.90 Å². The summed E-state index contributed by atoms with van der Waals surface area (Å²) in [5.41, 5.74) is 6.06. The Bertz CT molecular complexity index is 558. The highest BCUT2D eigenvalue weighted by Gasteiger charge is 2.36. The van der Waals surface area contributed by atoms with Gasteiger partial charge in [-0.2, -0.15) is 0 Å². The van der Waals surface area contributed by atoms with Crippen LogP contribution in [0.3, 0.4) is 0 Å². The van der Waals surface area contributed by atoms with E-state index in [9.17, 15) is 13.6 Å². The van der Waals surface area contributed by atoms with Crippen LogP contribution >= 0.6 is 0 Å². The number of nitrogens with two attached hydrogens (primary N) is 1. The zero-order valence-corrected chi connectivity index (χ0v) is 13.1. The fraction of sp³-hybridized carbons (Fsp3) is 0.562. The molecule has 0 saturated carbocycles. The molecule has 22 heavy (non-hydrogen) atoms. The smallest absolute Gasteiger partial charge is 0.410 e. The molecule has 122 valence electrons. The monoisotopic (exact) mass is 312 g/mol. The van der Waals surface area contributed by atoms with Crippen molar-refractivity contribution < 1.29 is 18.3 Å². The maximum Gasteiger partial charge on any atom is 0.410 e. The van der Waals surface area contributed by atoms with Crippen LogP contribution in [-0.4, -0.2) is 29.2 Å². The van der Waals surface area contributed by atoms with Gasteiger partial charge in [0, 0.05) is 6.54 Å². The summed E-state index contributed by atoms with van der Waals surface area (Å²) in [5.74, 6) is -1.85. The van der Waals surface area contributed by atoms with Crippen molar-refractivity contribution >= 4 is 6.09 Å². The molecule has 6 heteroatoms. The summed E-state index contributed by atoms with van der Waals surface area (Å²) in [6.07, 6.45) is 1.09. The number of carbonyl (C=O) groups is 1. The van der Waals surface area contributed by atoms with Gasteiger partial charge >= 0.3 is 6.09 Å². The van der Waals surface area contributed by atoms with E-state index < -0.39 is 29.4 Å². The van der Waals surface area contributed by atoms with Gasteiger partial charge in [0.1, 0.15) is 5.60 Å². The topological polar surface area (TPSA) is 55.6 Å². The van der Waals surface area contributed by atoms with Gasteiger partial charge in [-0.05, 0) is 51.3 Å². The number of hydrogen-bond donors (Lipinski definition) is 1. The van der Waals surface area contributed by atoms with E-state index in [2.05, 4.69) is 0 Å². The first kappa shape index (κ1) is 16.7. The number of ether oxygens (including phenoxy) is 1. The average Bonchev–Trinajstić information content (AvgIpc) is 2.88. The van der Waals surface area contributed by atoms with Crippen molar-refractivity contribution in [3.63, 3.8) is 0 Å². The third-order valence-corrected chi connectivity index (χ3v) is 3.67. The molecule has 0 spiro atoms. The Balaban J connectivity index is 2.15. The first-order valence-electron chi connectivity index (χ1n) is 7.39. The molecule has 0 aliphatic carbocycles. The first-order chi connectivity index (χ1) is 10.2. The number of hydrogen-bond acceptors (Lipinski definition) is 3. The standard InChI is InChI=1S/C16H22F2N2O2/c1-16(2,3)22-15(21)20-8-4-5-13(20)14(19)10-6-7-11(17)12(18)9-10/h6-7,9,13-14H,4-5,8,19H2,1-3H3. The lowest BCUT2D eigenvalue weighted by atomic mass is 9.98. The van der Waals surface area contributed by atoms with Crippen LogP contribution in [0.15, 0.2) is 18.2 Å². The van der Waals surface area contributed by atoms with E-state index in [4.69, 9.17) is 10.5 Å². The molecular formula is C16H22F2N2O2. The van der Waals surface area contributed by atoms with Gasteiger partial charge in [0.15, 0.2) is 11.6 Å². The lowest BCUT2D eigenvalue weighted by Crippen LogP contribution is -2.44. The molecule has 2 unspecified atom stereocenters. The summed E-state index contributed by atoms with van der Waals surface area (Å²) in [5, 5.41) is 0. The molecule has 1 fully saturated rings. The molecule has 2 N–H and O–H groups in total. The van der Waals surface area contributed by atoms with E-state index in [1.165, 1.54) is 6.07 Å². The maximum absolute atomic E-state index is 13.4. The molecule has 1 heterocycles. The van der Waals surface area contributed by atoms with E-state index in [1.54, 1.807) is 25.7 Å². The number of benzene rings is 1. The number of halogens is 2. The van der Waals surface area contributed by atoms with Crippen molar-refractivity contribution in [3.05, 3.63) is 35.4 Å². The third-order valence-electron chi connectivity index (χ3n) is 3.67. The Morgan fingerprint density at radius 1 is 1.36 bits per heavy atom. The second-order valence-corrected chi connectivity index (χ2v) is 6.58. The summed E-state index contributed by atoms with van der Waals surface area (Å²) < 4.78 is 31.8. The van der Waals surface area contributed by atoms with Crippen LogP contribution < -0.4 is 5.73 Å². The minimum absolute atomic E-state index is 0.278. The Morgan fingerprint density at radius 2 is 2.05 bits per heavy atom. The molecule has 1 aromatic rings. The lowest BCUT2D eigenvalue weighted by Gasteiger charge is -2.31. The summed E-state index contributed by atoms with van der Waals surface area (Å²) in [6.45, 7) is 5.94. The van der Waals surface area contributed by atoms with Crippen molar-refractivity contribution in [2.24, 2.45) is 5.73 Å². The first-order valence-corrected chi connectivity index (χ1v) is 7.39. The Morgan fingerprint density at radius 3 is 2.64 bits per heavy atom. The van der Waals surface area contributed by atoms with Crippen LogP contribution in [-0.2, 0) is 4.74 Å². The molecule has 1 aromatic carbocycles. The number of rotatable bonds is 2. The quantitative estimate of drug-likeness (QED) is 0.911. The molecule has 4 nitrogen and oxygen atoms in total. The molecule has 0 bridgehead atoms. The minimum atomic E-state index is -0.935. The van der Waals surface area contributed by atoms with Crippen LogP contribution in [0, 0.1) is 11.6 Å². The molecule has 1 amide bonds. The van der Waals surface area contributed by atoms with Gasteiger partial charge in [-0.1, -0.05) is 6.07 Å². The van der Waals surface area contributed by atoms with Crippen molar-refractivity contribution in [2.75, 3.05) is 6.54 Å². The van der Waals surface area contributed by atoms with Crippen molar-refractivity contribution in [3.8, 4) is 0 Å². The van der Waals surface area contributed by atoms with E-state index in [0.717, 1.165) is 18.6 Å². The molecular weight excluding hydrogens is 290 g/mol. The van der Waals surface area contributed by atoms with Gasteiger partial charge < -0.3 is 15.4 Å². The SMILES string of the molecule is CC(C)(C)OC(=O)N1CCCC1C(N)c1ccc(F)c(F)c1. The number of nitrogens with zero attached hydrogens (tertiary/aromatic N) is 1. The molecule has 1 saturated heterocycles. The van der Waals surface area contributed by atoms with Gasteiger partial charge in [-0.3, -0.25) is 0 Å². The van der Waals surface area contributed by atoms with Gasteiger partial charge in [0.2, 0.25) is 0 Å². The van der Waals surface area contributed by atoms with Crippen LogP contribution in [0.2, 0.25) is 0 Å². The lowest BCUT2D eigenvalue weighted by molar-refractivity contribution is 0.0206.